The summed E-state index contributed by atoms with van der Waals surface area (Å²) in [5.74, 6) is -1.66. The van der Waals surface area contributed by atoms with Crippen LogP contribution in [-0.2, 0) is 45.9 Å². The molecule has 0 N–H and O–H groups in total. The van der Waals surface area contributed by atoms with Crippen molar-refractivity contribution in [2.45, 2.75) is 66.4 Å². The van der Waals surface area contributed by atoms with Crippen LogP contribution in [0.4, 0.5) is 30.7 Å². The van der Waals surface area contributed by atoms with Crippen LogP contribution in [0.15, 0.2) is 53.4 Å². The molecular formula is C30H32F7NO6S. The third-order valence-corrected chi connectivity index (χ3v) is 11.3. The van der Waals surface area contributed by atoms with Gasteiger partial charge < -0.3 is 14.4 Å². The van der Waals surface area contributed by atoms with Crippen molar-refractivity contribution in [3.63, 3.8) is 0 Å². The number of rotatable bonds is 8. The second-order valence-electron chi connectivity index (χ2n) is 11.4. The number of nitrogens with zero attached hydrogens (tertiary/aromatic N) is 1. The molecule has 15 heteroatoms. The van der Waals surface area contributed by atoms with Gasteiger partial charge in [0.05, 0.1) is 24.5 Å². The Hall–Kier alpha value is -3.20. The van der Waals surface area contributed by atoms with Crippen LogP contribution in [0.3, 0.4) is 0 Å². The predicted molar refractivity (Wildman–Crippen MR) is 146 cm³/mol. The minimum absolute atomic E-state index is 0.0530. The molecule has 1 aliphatic carbocycles. The average Bonchev–Trinajstić information content (AvgIpc) is 3.47. The minimum Gasteiger partial charge on any atom is -0.469 e. The van der Waals surface area contributed by atoms with Gasteiger partial charge in [-0.05, 0) is 55.4 Å². The van der Waals surface area contributed by atoms with E-state index >= 15 is 0 Å². The van der Waals surface area contributed by atoms with E-state index in [0.29, 0.717) is 31.2 Å². The molecule has 0 spiro atoms. The van der Waals surface area contributed by atoms with E-state index in [1.807, 2.05) is 0 Å². The van der Waals surface area contributed by atoms with Gasteiger partial charge in [-0.3, -0.25) is 9.59 Å². The minimum atomic E-state index is -6.35. The summed E-state index contributed by atoms with van der Waals surface area (Å²) in [4.78, 5) is 26.6. The number of carbonyl (C=O) groups excluding carboxylic acids is 2. The zero-order valence-corrected chi connectivity index (χ0v) is 25.2. The number of benzene rings is 2. The van der Waals surface area contributed by atoms with Crippen LogP contribution in [0.5, 0.6) is 0 Å². The highest BCUT2D eigenvalue weighted by atomic mass is 32.2. The van der Waals surface area contributed by atoms with E-state index in [9.17, 15) is 48.7 Å². The molecule has 2 aliphatic rings. The van der Waals surface area contributed by atoms with Gasteiger partial charge in [-0.2, -0.15) is 26.3 Å². The quantitative estimate of drug-likeness (QED) is 0.254. The number of halogens is 7. The fourth-order valence-electron chi connectivity index (χ4n) is 6.27. The number of ether oxygens (including phenoxy) is 2. The van der Waals surface area contributed by atoms with Gasteiger partial charge in [0.2, 0.25) is 5.91 Å². The van der Waals surface area contributed by atoms with Gasteiger partial charge in [0.15, 0.2) is 9.84 Å². The first kappa shape index (κ1) is 34.7. The predicted octanol–water partition coefficient (Wildman–Crippen LogP) is 6.00. The lowest BCUT2D eigenvalue weighted by Gasteiger charge is -2.33. The highest BCUT2D eigenvalue weighted by Crippen LogP contribution is 2.54. The first-order chi connectivity index (χ1) is 20.9. The number of likely N-dealkylation sites (tertiary alicyclic amines) is 1. The maximum absolute atomic E-state index is 14.8. The van der Waals surface area contributed by atoms with Crippen LogP contribution in [0.2, 0.25) is 0 Å². The van der Waals surface area contributed by atoms with Crippen molar-refractivity contribution in [2.24, 2.45) is 11.8 Å². The summed E-state index contributed by atoms with van der Waals surface area (Å²) in [6.07, 6.45) is -11.5. The third-order valence-electron chi connectivity index (χ3n) is 8.78. The van der Waals surface area contributed by atoms with Crippen LogP contribution in [0, 0.1) is 11.8 Å². The summed E-state index contributed by atoms with van der Waals surface area (Å²) in [6.45, 7) is -0.470. The van der Waals surface area contributed by atoms with Crippen molar-refractivity contribution in [3.8, 4) is 0 Å². The second-order valence-corrected chi connectivity index (χ2v) is 13.7. The maximum atomic E-state index is 14.8. The van der Waals surface area contributed by atoms with Crippen molar-refractivity contribution in [1.82, 2.24) is 4.90 Å². The monoisotopic (exact) mass is 667 g/mol. The third kappa shape index (κ3) is 6.17. The van der Waals surface area contributed by atoms with E-state index in [-0.39, 0.29) is 60.0 Å². The highest BCUT2D eigenvalue weighted by molar-refractivity contribution is 7.92. The molecule has 1 atom stereocenters. The van der Waals surface area contributed by atoms with Crippen LogP contribution in [-0.4, -0.2) is 64.9 Å². The van der Waals surface area contributed by atoms with Gasteiger partial charge >= 0.3 is 24.0 Å². The Bertz CT molecular complexity index is 1490. The lowest BCUT2D eigenvalue weighted by molar-refractivity contribution is -0.348. The van der Waals surface area contributed by atoms with Gasteiger partial charge in [-0.25, -0.2) is 12.8 Å². The van der Waals surface area contributed by atoms with E-state index in [1.165, 1.54) is 37.3 Å². The largest absolute Gasteiger partial charge is 0.469 e. The number of amides is 1. The van der Waals surface area contributed by atoms with Crippen LogP contribution < -0.4 is 0 Å². The van der Waals surface area contributed by atoms with Gasteiger partial charge in [-0.1, -0.05) is 36.4 Å². The summed E-state index contributed by atoms with van der Waals surface area (Å²) in [5.41, 5.74) is -7.16. The number of carbonyl (C=O) groups is 2. The van der Waals surface area contributed by atoms with Crippen molar-refractivity contribution >= 4 is 21.7 Å². The Labute approximate surface area is 255 Å². The van der Waals surface area contributed by atoms with Crippen LogP contribution in [0.25, 0.3) is 0 Å². The molecule has 1 aliphatic heterocycles. The highest BCUT2D eigenvalue weighted by Gasteiger charge is 2.73. The molecule has 248 valence electrons. The van der Waals surface area contributed by atoms with Crippen molar-refractivity contribution in [1.29, 1.82) is 0 Å². The SMILES string of the molecule is COCc1cccc(S(=O)(=O)C2(c3ccc(C(F)(C(F)(F)F)C(F)(F)F)cc3)CCN(C(=O)C3CCC(C(=O)OC)CC3)C2)c1. The first-order valence-corrected chi connectivity index (χ1v) is 15.5. The first-order valence-electron chi connectivity index (χ1n) is 14.1. The van der Waals surface area contributed by atoms with Crippen LogP contribution in [0.1, 0.15) is 48.8 Å². The lowest BCUT2D eigenvalue weighted by atomic mass is 9.81. The molecule has 4 rings (SSSR count). The van der Waals surface area contributed by atoms with Crippen LogP contribution >= 0.6 is 0 Å². The zero-order valence-electron chi connectivity index (χ0n) is 24.4. The molecule has 1 heterocycles. The summed E-state index contributed by atoms with van der Waals surface area (Å²) in [5, 5.41) is 0. The van der Waals surface area contributed by atoms with Gasteiger partial charge in [0.25, 0.3) is 0 Å². The molecule has 0 radical (unpaired) electrons. The molecule has 0 bridgehead atoms. The smallest absolute Gasteiger partial charge is 0.435 e. The fourth-order valence-corrected chi connectivity index (χ4v) is 8.42. The van der Waals surface area contributed by atoms with E-state index < -0.39 is 50.6 Å². The summed E-state index contributed by atoms with van der Waals surface area (Å²) in [7, 11) is -1.80. The zero-order chi connectivity index (χ0) is 33.4. The molecule has 1 amide bonds. The molecule has 1 unspecified atom stereocenters. The summed E-state index contributed by atoms with van der Waals surface area (Å²) < 4.78 is 132. The second kappa shape index (κ2) is 12.5. The number of alkyl halides is 7. The Kier molecular flexibility index (Phi) is 9.66. The maximum Gasteiger partial charge on any atom is 0.435 e. The topological polar surface area (TPSA) is 90.0 Å². The van der Waals surface area contributed by atoms with Gasteiger partial charge in [0, 0.05) is 31.7 Å². The molecule has 2 aromatic carbocycles. The van der Waals surface area contributed by atoms with Crippen molar-refractivity contribution < 1.29 is 58.2 Å². The van der Waals surface area contributed by atoms with Crippen molar-refractivity contribution in [2.75, 3.05) is 27.3 Å². The number of hydrogen-bond acceptors (Lipinski definition) is 6. The Morgan fingerprint density at radius 1 is 0.889 bits per heavy atom. The van der Waals surface area contributed by atoms with E-state index in [4.69, 9.17) is 9.47 Å². The Morgan fingerprint density at radius 3 is 2.00 bits per heavy atom. The van der Waals surface area contributed by atoms with E-state index in [0.717, 1.165) is 12.1 Å². The molecule has 2 fully saturated rings. The number of sulfone groups is 1. The standard InChI is InChI=1S/C30H32F7NO6S/c1-43-17-19-4-3-5-24(16-19)45(41,42)27(22-10-12-23(13-11-22)28(31,29(32,33)34)30(35,36)37)14-15-38(18-27)25(39)20-6-8-21(9-7-20)26(40)44-2/h3-5,10-13,16,20-21H,6-9,14-15,17-18H2,1-2H3. The van der Waals surface area contributed by atoms with Gasteiger partial charge in [0.1, 0.15) is 4.75 Å². The number of esters is 1. The molecule has 7 nitrogen and oxygen atoms in total. The molecule has 1 saturated carbocycles. The van der Waals surface area contributed by atoms with E-state index in [1.54, 1.807) is 6.07 Å². The molecule has 2 aromatic rings. The Balaban J connectivity index is 1.75. The Morgan fingerprint density at radius 2 is 1.47 bits per heavy atom. The summed E-state index contributed by atoms with van der Waals surface area (Å²) in [6, 6.07) is 7.76. The van der Waals surface area contributed by atoms with Gasteiger partial charge in [-0.15, -0.1) is 0 Å². The number of methoxy groups -OCH3 is 2. The molecular weight excluding hydrogens is 635 g/mol. The number of hydrogen-bond donors (Lipinski definition) is 0. The molecule has 0 aromatic heterocycles. The average molecular weight is 668 g/mol. The lowest BCUT2D eigenvalue weighted by Crippen LogP contribution is -2.50. The fraction of sp³-hybridized carbons (Fsp3) is 0.533. The molecule has 45 heavy (non-hydrogen) atoms. The normalized spacial score (nSPS) is 23.2. The van der Waals surface area contributed by atoms with E-state index in [2.05, 4.69) is 0 Å². The summed E-state index contributed by atoms with van der Waals surface area (Å²) >= 11 is 0. The molecule has 1 saturated heterocycles. The van der Waals surface area contributed by atoms with Crippen molar-refractivity contribution in [3.05, 3.63) is 65.2 Å².